The number of nitrogens with one attached hydrogen (secondary N) is 9. The van der Waals surface area contributed by atoms with Gasteiger partial charge >= 0.3 is 0 Å². The molecule has 30 nitrogen and oxygen atoms in total. The number of guanidine groups is 1. The summed E-state index contributed by atoms with van der Waals surface area (Å²) in [5, 5.41) is 41.8. The molecule has 0 radical (unpaired) electrons. The van der Waals surface area contributed by atoms with E-state index in [4.69, 9.17) is 28.7 Å². The highest BCUT2D eigenvalue weighted by molar-refractivity contribution is 5.98. The summed E-state index contributed by atoms with van der Waals surface area (Å²) in [6.07, 6.45) is 3.66. The van der Waals surface area contributed by atoms with Crippen LogP contribution in [0.1, 0.15) is 124 Å². The Morgan fingerprint density at radius 2 is 1.49 bits per heavy atom. The van der Waals surface area contributed by atoms with E-state index < -0.39 is 139 Å². The van der Waals surface area contributed by atoms with Crippen molar-refractivity contribution >= 4 is 70.9 Å². The fourth-order valence-corrected chi connectivity index (χ4v) is 8.11. The van der Waals surface area contributed by atoms with Gasteiger partial charge in [0.25, 0.3) is 0 Å². The fourth-order valence-electron chi connectivity index (χ4n) is 8.11. The molecule has 2 bridgehead atoms. The van der Waals surface area contributed by atoms with Crippen molar-refractivity contribution in [3.05, 3.63) is 11.9 Å². The molecule has 0 saturated carbocycles. The molecular formula is C48H84N18O12. The van der Waals surface area contributed by atoms with Crippen molar-refractivity contribution in [2.24, 2.45) is 45.5 Å². The largest absolute Gasteiger partial charge is 0.394 e. The summed E-state index contributed by atoms with van der Waals surface area (Å²) in [5.74, 6) is -9.93. The number of nitrogens with zero attached hydrogens (tertiary/aromatic N) is 4. The molecular weight excluding hydrogens is 1020 g/mol. The van der Waals surface area contributed by atoms with Crippen molar-refractivity contribution < 1.29 is 57.8 Å². The smallest absolute Gasteiger partial charge is 0.245 e. The Morgan fingerprint density at radius 1 is 0.808 bits per heavy atom. The minimum atomic E-state index is -1.70. The number of aromatic nitrogens is 3. The number of carbonyl (C=O) groups is 11. The molecule has 0 saturated heterocycles. The van der Waals surface area contributed by atoms with E-state index in [2.05, 4.69) is 63.2 Å². The number of aliphatic imine (C=N–C) groups is 1. The first-order chi connectivity index (χ1) is 36.9. The molecule has 0 unspecified atom stereocenters. The van der Waals surface area contributed by atoms with Gasteiger partial charge in [0, 0.05) is 32.6 Å². The van der Waals surface area contributed by atoms with Gasteiger partial charge in [0.05, 0.1) is 18.8 Å². The van der Waals surface area contributed by atoms with Crippen LogP contribution in [-0.4, -0.2) is 166 Å². The minimum Gasteiger partial charge on any atom is -0.394 e. The molecule has 20 N–H and O–H groups in total. The van der Waals surface area contributed by atoms with Crippen LogP contribution in [0, 0.1) is 11.8 Å². The van der Waals surface area contributed by atoms with Crippen LogP contribution in [0.5, 0.6) is 0 Å². The number of hydrogen-bond donors (Lipinski definition) is 15. The van der Waals surface area contributed by atoms with Crippen LogP contribution in [0.2, 0.25) is 0 Å². The molecule has 2 heterocycles. The van der Waals surface area contributed by atoms with Gasteiger partial charge < -0.3 is 81.6 Å². The zero-order chi connectivity index (χ0) is 58.5. The average molecular weight is 1110 g/mol. The van der Waals surface area contributed by atoms with Gasteiger partial charge in [-0.25, -0.2) is 0 Å². The Kier molecular flexibility index (Phi) is 29.9. The lowest BCUT2D eigenvalue weighted by atomic mass is 9.97. The molecule has 0 spiro atoms. The second-order valence-corrected chi connectivity index (χ2v) is 19.7. The van der Waals surface area contributed by atoms with E-state index in [1.54, 1.807) is 33.9 Å². The monoisotopic (exact) mass is 1100 g/mol. The van der Waals surface area contributed by atoms with E-state index in [1.165, 1.54) is 11.6 Å². The Hall–Kier alpha value is -7.50. The van der Waals surface area contributed by atoms with E-state index >= 15 is 0 Å². The zero-order valence-corrected chi connectivity index (χ0v) is 45.4. The highest BCUT2D eigenvalue weighted by Crippen LogP contribution is 2.14. The molecule has 0 aliphatic carbocycles. The van der Waals surface area contributed by atoms with E-state index in [0.717, 1.165) is 0 Å². The number of carbonyl (C=O) groups excluding carboxylic acids is 11. The Morgan fingerprint density at radius 3 is 2.10 bits per heavy atom. The van der Waals surface area contributed by atoms with Crippen LogP contribution in [0.4, 0.5) is 0 Å². The lowest BCUT2D eigenvalue weighted by Gasteiger charge is -2.29. The Balaban J connectivity index is 2.57. The molecule has 0 aromatic carbocycles. The maximum Gasteiger partial charge on any atom is 0.245 e. The molecule has 11 amide bonds. The van der Waals surface area contributed by atoms with Crippen molar-refractivity contribution in [2.75, 3.05) is 26.2 Å². The number of nitrogens with two attached hydrogens (primary N) is 5. The first-order valence-electron chi connectivity index (χ1n) is 26.4. The van der Waals surface area contributed by atoms with Crippen molar-refractivity contribution in [3.8, 4) is 0 Å². The lowest BCUT2D eigenvalue weighted by Crippen LogP contribution is -2.61. The predicted octanol–water partition coefficient (Wildman–Crippen LogP) is -5.57. The van der Waals surface area contributed by atoms with Crippen molar-refractivity contribution in [3.63, 3.8) is 0 Å². The number of aryl methyl sites for hydroxylation is 2. The van der Waals surface area contributed by atoms with Crippen molar-refractivity contribution in [1.29, 1.82) is 0 Å². The number of amides is 11. The first-order valence-corrected chi connectivity index (χ1v) is 26.4. The zero-order valence-electron chi connectivity index (χ0n) is 45.4. The van der Waals surface area contributed by atoms with Crippen LogP contribution in [0.15, 0.2) is 11.2 Å². The number of fused-ring (bicyclic) bond motifs is 2. The molecule has 1 aliphatic heterocycles. The van der Waals surface area contributed by atoms with E-state index in [9.17, 15) is 57.8 Å². The van der Waals surface area contributed by atoms with E-state index in [0.29, 0.717) is 37.9 Å². The normalized spacial score (nSPS) is 20.4. The summed E-state index contributed by atoms with van der Waals surface area (Å²) < 4.78 is 1.40. The van der Waals surface area contributed by atoms with Gasteiger partial charge in [0.15, 0.2) is 5.96 Å². The van der Waals surface area contributed by atoms with Crippen LogP contribution >= 0.6 is 0 Å². The third-order valence-electron chi connectivity index (χ3n) is 12.6. The second-order valence-electron chi connectivity index (χ2n) is 19.7. The molecule has 30 heteroatoms. The van der Waals surface area contributed by atoms with Gasteiger partial charge in [-0.1, -0.05) is 45.7 Å². The molecule has 1 aromatic heterocycles. The van der Waals surface area contributed by atoms with Crippen molar-refractivity contribution in [1.82, 2.24) is 62.8 Å². The van der Waals surface area contributed by atoms with E-state index in [-0.39, 0.29) is 82.8 Å². The molecule has 0 fully saturated rings. The summed E-state index contributed by atoms with van der Waals surface area (Å²) in [6.45, 7) is 7.06. The standard InChI is InChI=1S/C48H84N18O12/c1-6-27(4)39-47(78)60-33(16-17-37(50)69)43(74)59-32(42(73)61-35(22-26(2)3)45(76)58-30(40(51)71)15-11-20-54-48(52)53)13-8-7-12-29-24-66(65-64-29)21-18-34(44(75)62-36(25-67)46(77)63-39)57-38(70)23-55-41(72)31(56-28(5)68)14-9-10-19-49/h24,26-27,30-36,39,67H,6-23,25,49H2,1-5H3,(H2,50,69)(H2,51,71)(H,55,72)(H,56,68)(H,57,70)(H,58,76)(H,59,74)(H,60,78)(H,61,73)(H,62,75)(H,63,77)(H4,52,53,54)/t27-,30-,31-,32-,33-,34-,35-,36-,39-/m0/s1. The van der Waals surface area contributed by atoms with Gasteiger partial charge in [-0.3, -0.25) is 62.4 Å². The molecule has 2 rings (SSSR count). The Bertz CT molecular complexity index is 2220. The third kappa shape index (κ3) is 25.1. The first kappa shape index (κ1) is 66.6. The number of hydrogen-bond acceptors (Lipinski definition) is 16. The maximum atomic E-state index is 14.3. The average Bonchev–Trinajstić information content (AvgIpc) is 3.83. The number of primary amides is 2. The van der Waals surface area contributed by atoms with Gasteiger partial charge in [-0.05, 0) is 89.0 Å². The quantitative estimate of drug-likeness (QED) is 0.0234. The van der Waals surface area contributed by atoms with Crippen LogP contribution in [0.25, 0.3) is 0 Å². The SMILES string of the molecule is CC[C@H](C)[C@@H]1NC(=O)[C@H](CO)NC(=O)[C@@H](NC(=O)CNC(=O)[C@H](CCCCN)NC(C)=O)CCn2cc(nn2)CCCC[C@@H](C(=O)N[C@@H](CC(C)C)C(=O)N[C@@H](CCCN=C(N)N)C(N)=O)NC(=O)[C@H](CCC(N)=O)NC1=O. The van der Waals surface area contributed by atoms with Crippen LogP contribution in [0.3, 0.4) is 0 Å². The predicted molar refractivity (Wildman–Crippen MR) is 283 cm³/mol. The van der Waals surface area contributed by atoms with Gasteiger partial charge in [-0.2, -0.15) is 0 Å². The minimum absolute atomic E-state index is 0.0236. The summed E-state index contributed by atoms with van der Waals surface area (Å²) >= 11 is 0. The number of unbranched alkanes of at least 4 members (excludes halogenated alkanes) is 1. The molecule has 1 aromatic rings. The maximum absolute atomic E-state index is 14.3. The van der Waals surface area contributed by atoms with Gasteiger partial charge in [-0.15, -0.1) is 5.10 Å². The number of rotatable bonds is 26. The number of aliphatic hydroxyl groups excluding tert-OH is 1. The highest BCUT2D eigenvalue weighted by atomic mass is 16.3. The molecule has 438 valence electrons. The molecule has 9 atom stereocenters. The van der Waals surface area contributed by atoms with Crippen molar-refractivity contribution in [2.45, 2.75) is 179 Å². The third-order valence-corrected chi connectivity index (χ3v) is 12.6. The van der Waals surface area contributed by atoms with Crippen LogP contribution < -0.4 is 76.5 Å². The highest BCUT2D eigenvalue weighted by Gasteiger charge is 2.36. The lowest BCUT2D eigenvalue weighted by molar-refractivity contribution is -0.137. The van der Waals surface area contributed by atoms with Crippen LogP contribution in [-0.2, 0) is 65.7 Å². The van der Waals surface area contributed by atoms with E-state index in [1.807, 2.05) is 0 Å². The molecule has 1 aliphatic rings. The van der Waals surface area contributed by atoms with Gasteiger partial charge in [0.2, 0.25) is 65.0 Å². The summed E-state index contributed by atoms with van der Waals surface area (Å²) in [7, 11) is 0. The van der Waals surface area contributed by atoms with Gasteiger partial charge in [0.1, 0.15) is 48.3 Å². The molecule has 78 heavy (non-hydrogen) atoms. The fraction of sp³-hybridized carbons (Fsp3) is 0.708. The topological polar surface area (TPSA) is 489 Å². The summed E-state index contributed by atoms with van der Waals surface area (Å²) in [5.41, 5.74) is 27.9. The Labute approximate surface area is 453 Å². The summed E-state index contributed by atoms with van der Waals surface area (Å²) in [6, 6.07) is -10.8. The number of aliphatic hydroxyl groups is 1. The second kappa shape index (κ2) is 35.0. The summed E-state index contributed by atoms with van der Waals surface area (Å²) in [4.78, 5) is 151.